The van der Waals surface area contributed by atoms with E-state index in [1.807, 2.05) is 21.6 Å². The van der Waals surface area contributed by atoms with E-state index in [9.17, 15) is 0 Å². The standard InChI is InChI=1S/C22H40N2OS6/c1-3-13-19(28-30-21(26)23-15-9-5-6-10-16-23)25-20(14-4-2)29-31-22(27)24-17-11-7-8-12-18-24/h19-20H,3-18H2,1-2H3. The van der Waals surface area contributed by atoms with Crippen LogP contribution < -0.4 is 0 Å². The minimum Gasteiger partial charge on any atom is -0.357 e. The van der Waals surface area contributed by atoms with Crippen molar-refractivity contribution in [1.29, 1.82) is 0 Å². The number of hydrogen-bond donors (Lipinski definition) is 0. The molecule has 2 rings (SSSR count). The molecule has 3 nitrogen and oxygen atoms in total. The molecule has 0 aromatic carbocycles. The van der Waals surface area contributed by atoms with Gasteiger partial charge in [0, 0.05) is 26.2 Å². The fraction of sp³-hybridized carbons (Fsp3) is 0.909. The van der Waals surface area contributed by atoms with E-state index in [4.69, 9.17) is 29.2 Å². The molecule has 0 bridgehead atoms. The van der Waals surface area contributed by atoms with Gasteiger partial charge in [-0.2, -0.15) is 0 Å². The highest BCUT2D eigenvalue weighted by Gasteiger charge is 2.22. The summed E-state index contributed by atoms with van der Waals surface area (Å²) in [4.78, 5) is 4.80. The van der Waals surface area contributed by atoms with E-state index >= 15 is 0 Å². The van der Waals surface area contributed by atoms with Crippen molar-refractivity contribution >= 4 is 76.3 Å². The lowest BCUT2D eigenvalue weighted by Gasteiger charge is -2.27. The molecular weight excluding hydrogens is 501 g/mol. The lowest BCUT2D eigenvalue weighted by Crippen LogP contribution is -2.28. The topological polar surface area (TPSA) is 15.7 Å². The van der Waals surface area contributed by atoms with Gasteiger partial charge in [0.15, 0.2) is 0 Å². The Balaban J connectivity index is 1.80. The van der Waals surface area contributed by atoms with Gasteiger partial charge in [-0.1, -0.05) is 98.4 Å². The molecule has 0 radical (unpaired) electrons. The molecule has 2 aliphatic heterocycles. The molecule has 180 valence electrons. The van der Waals surface area contributed by atoms with Crippen molar-refractivity contribution in [2.45, 2.75) is 102 Å². The molecular formula is C22H40N2OS6. The predicted molar refractivity (Wildman–Crippen MR) is 154 cm³/mol. The highest BCUT2D eigenvalue weighted by molar-refractivity contribution is 8.84. The van der Waals surface area contributed by atoms with Crippen LogP contribution in [0.1, 0.15) is 90.9 Å². The molecule has 2 saturated heterocycles. The predicted octanol–water partition coefficient (Wildman–Crippen LogP) is 8.34. The first-order valence-corrected chi connectivity index (χ1v) is 17.3. The molecule has 0 spiro atoms. The van der Waals surface area contributed by atoms with Gasteiger partial charge in [-0.05, 0) is 60.1 Å². The number of hydrogen-bond acceptors (Lipinski definition) is 7. The average molecular weight is 541 g/mol. The fourth-order valence-corrected chi connectivity index (χ4v) is 9.46. The summed E-state index contributed by atoms with van der Waals surface area (Å²) in [5.74, 6) is 0. The van der Waals surface area contributed by atoms with Crippen molar-refractivity contribution in [3.63, 3.8) is 0 Å². The first-order chi connectivity index (χ1) is 15.1. The Morgan fingerprint density at radius 3 is 1.35 bits per heavy atom. The van der Waals surface area contributed by atoms with Crippen LogP contribution in [-0.2, 0) is 4.74 Å². The summed E-state index contributed by atoms with van der Waals surface area (Å²) in [5.41, 5.74) is 0.354. The molecule has 0 aliphatic carbocycles. The van der Waals surface area contributed by atoms with Gasteiger partial charge >= 0.3 is 0 Å². The first-order valence-electron chi connectivity index (χ1n) is 12.0. The maximum Gasteiger partial charge on any atom is 0.147 e. The summed E-state index contributed by atoms with van der Waals surface area (Å²) in [6.07, 6.45) is 14.8. The van der Waals surface area contributed by atoms with Gasteiger partial charge in [0.25, 0.3) is 0 Å². The van der Waals surface area contributed by atoms with E-state index in [1.54, 1.807) is 21.6 Å². The second kappa shape index (κ2) is 17.6. The van der Waals surface area contributed by atoms with Crippen LogP contribution in [0.3, 0.4) is 0 Å². The van der Waals surface area contributed by atoms with E-state index < -0.39 is 0 Å². The zero-order valence-corrected chi connectivity index (χ0v) is 24.1. The summed E-state index contributed by atoms with van der Waals surface area (Å²) >= 11 is 11.5. The normalized spacial score (nSPS) is 20.1. The summed E-state index contributed by atoms with van der Waals surface area (Å²) in [7, 11) is 7.14. The van der Waals surface area contributed by atoms with Gasteiger partial charge in [-0.25, -0.2) is 0 Å². The quantitative estimate of drug-likeness (QED) is 0.153. The van der Waals surface area contributed by atoms with Gasteiger partial charge in [-0.15, -0.1) is 0 Å². The minimum absolute atomic E-state index is 0.177. The molecule has 0 N–H and O–H groups in total. The van der Waals surface area contributed by atoms with Crippen LogP contribution in [0.2, 0.25) is 0 Å². The Hall–Kier alpha value is 1.14. The molecule has 0 saturated carbocycles. The van der Waals surface area contributed by atoms with Gasteiger partial charge < -0.3 is 14.5 Å². The Morgan fingerprint density at radius 2 is 1.03 bits per heavy atom. The second-order valence-electron chi connectivity index (χ2n) is 8.27. The summed E-state index contributed by atoms with van der Waals surface area (Å²) < 4.78 is 8.65. The monoisotopic (exact) mass is 540 g/mol. The highest BCUT2D eigenvalue weighted by atomic mass is 33.1. The van der Waals surface area contributed by atoms with E-state index in [0.29, 0.717) is 0 Å². The van der Waals surface area contributed by atoms with Crippen LogP contribution in [0.5, 0.6) is 0 Å². The van der Waals surface area contributed by atoms with Crippen LogP contribution in [0.25, 0.3) is 0 Å². The van der Waals surface area contributed by atoms with Gasteiger partial charge in [0.1, 0.15) is 19.5 Å². The van der Waals surface area contributed by atoms with E-state index in [1.165, 1.54) is 51.4 Å². The van der Waals surface area contributed by atoms with Crippen molar-refractivity contribution < 1.29 is 4.74 Å². The van der Waals surface area contributed by atoms with Crippen molar-refractivity contribution in [3.8, 4) is 0 Å². The van der Waals surface area contributed by atoms with Crippen molar-refractivity contribution in [1.82, 2.24) is 9.80 Å². The van der Waals surface area contributed by atoms with Crippen LogP contribution in [0.4, 0.5) is 0 Å². The van der Waals surface area contributed by atoms with Crippen LogP contribution >= 0.6 is 67.6 Å². The molecule has 9 heteroatoms. The van der Waals surface area contributed by atoms with E-state index in [0.717, 1.165) is 60.5 Å². The number of rotatable bonds is 10. The largest absolute Gasteiger partial charge is 0.357 e. The lowest BCUT2D eigenvalue weighted by atomic mass is 10.2. The lowest BCUT2D eigenvalue weighted by molar-refractivity contribution is 0.0826. The van der Waals surface area contributed by atoms with Crippen LogP contribution in [0.15, 0.2) is 0 Å². The van der Waals surface area contributed by atoms with Gasteiger partial charge in [0.2, 0.25) is 0 Å². The van der Waals surface area contributed by atoms with Gasteiger partial charge in [-0.3, -0.25) is 0 Å². The zero-order valence-electron chi connectivity index (χ0n) is 19.2. The van der Waals surface area contributed by atoms with Gasteiger partial charge in [0.05, 0.1) is 0 Å². The first kappa shape index (κ1) is 28.4. The Labute approximate surface area is 217 Å². The number of thiocarbonyl (C=S) groups is 2. The molecule has 2 fully saturated rings. The Morgan fingerprint density at radius 1 is 0.677 bits per heavy atom. The third kappa shape index (κ3) is 11.9. The maximum absolute atomic E-state index is 6.58. The maximum atomic E-state index is 6.58. The van der Waals surface area contributed by atoms with E-state index in [-0.39, 0.29) is 10.9 Å². The molecule has 0 amide bonds. The molecule has 2 aliphatic rings. The SMILES string of the molecule is CCCC(OC(CCC)SSC(=S)N1CCCCCC1)SSC(=S)N1CCCCCC1. The Bertz CT molecular complexity index is 464. The smallest absolute Gasteiger partial charge is 0.147 e. The zero-order chi connectivity index (χ0) is 22.3. The molecule has 2 atom stereocenters. The van der Waals surface area contributed by atoms with Crippen molar-refractivity contribution in [3.05, 3.63) is 0 Å². The van der Waals surface area contributed by atoms with Crippen LogP contribution in [0, 0.1) is 0 Å². The average Bonchev–Trinajstić information content (AvgIpc) is 3.21. The summed E-state index contributed by atoms with van der Waals surface area (Å²) in [6, 6.07) is 0. The molecule has 2 unspecified atom stereocenters. The summed E-state index contributed by atoms with van der Waals surface area (Å²) in [5, 5.41) is 0. The highest BCUT2D eigenvalue weighted by Crippen LogP contribution is 2.39. The molecule has 0 aromatic rings. The fourth-order valence-electron chi connectivity index (χ4n) is 3.72. The van der Waals surface area contributed by atoms with Crippen LogP contribution in [-0.4, -0.2) is 55.5 Å². The van der Waals surface area contributed by atoms with Crippen molar-refractivity contribution in [2.24, 2.45) is 0 Å². The number of likely N-dealkylation sites (tertiary alicyclic amines) is 2. The number of nitrogens with zero attached hydrogens (tertiary/aromatic N) is 2. The Kier molecular flexibility index (Phi) is 16.1. The second-order valence-corrected chi connectivity index (χ2v) is 14.3. The molecule has 2 heterocycles. The third-order valence-electron chi connectivity index (χ3n) is 5.53. The number of ether oxygens (including phenoxy) is 1. The van der Waals surface area contributed by atoms with E-state index in [2.05, 4.69) is 23.6 Å². The molecule has 0 aromatic heterocycles. The molecule has 31 heavy (non-hydrogen) atoms. The van der Waals surface area contributed by atoms with Crippen molar-refractivity contribution in [2.75, 3.05) is 26.2 Å². The third-order valence-corrected chi connectivity index (χ3v) is 12.1. The minimum atomic E-state index is 0.177. The summed E-state index contributed by atoms with van der Waals surface area (Å²) in [6.45, 7) is 8.93.